The molecule has 0 radical (unpaired) electrons. The van der Waals surface area contributed by atoms with Crippen molar-refractivity contribution in [2.24, 2.45) is 0 Å². The summed E-state index contributed by atoms with van der Waals surface area (Å²) in [5, 5.41) is 14.1. The standard InChI is InChI=1S/C11H9F2N3O3/c1-19-11-8(12)4-7(5-9(11)13)6-15-3-2-10(14-15)16(17)18/h2-5H,6H2,1H3. The summed E-state index contributed by atoms with van der Waals surface area (Å²) >= 11 is 0. The molecule has 0 unspecified atom stereocenters. The van der Waals surface area contributed by atoms with E-state index in [9.17, 15) is 18.9 Å². The quantitative estimate of drug-likeness (QED) is 0.629. The van der Waals surface area contributed by atoms with Crippen LogP contribution in [-0.4, -0.2) is 21.8 Å². The zero-order chi connectivity index (χ0) is 14.0. The maximum Gasteiger partial charge on any atom is 0.389 e. The molecule has 0 aliphatic rings. The van der Waals surface area contributed by atoms with Crippen molar-refractivity contribution in [3.8, 4) is 5.75 Å². The summed E-state index contributed by atoms with van der Waals surface area (Å²) < 4.78 is 32.7. The van der Waals surface area contributed by atoms with E-state index < -0.39 is 22.3 Å². The fourth-order valence-electron chi connectivity index (χ4n) is 1.62. The van der Waals surface area contributed by atoms with E-state index in [-0.39, 0.29) is 17.9 Å². The summed E-state index contributed by atoms with van der Waals surface area (Å²) in [6.45, 7) is 0.0195. The Kier molecular flexibility index (Phi) is 3.41. The second kappa shape index (κ2) is 5.01. The predicted molar refractivity (Wildman–Crippen MR) is 60.9 cm³/mol. The Balaban J connectivity index is 2.25. The summed E-state index contributed by atoms with van der Waals surface area (Å²) in [5.41, 5.74) is 0.286. The lowest BCUT2D eigenvalue weighted by Gasteiger charge is -2.05. The molecular formula is C11H9F2N3O3. The number of ether oxygens (including phenoxy) is 1. The highest BCUT2D eigenvalue weighted by Crippen LogP contribution is 2.23. The van der Waals surface area contributed by atoms with Crippen LogP contribution < -0.4 is 4.74 Å². The van der Waals surface area contributed by atoms with Crippen LogP contribution in [0.15, 0.2) is 24.4 Å². The molecule has 19 heavy (non-hydrogen) atoms. The number of rotatable bonds is 4. The zero-order valence-corrected chi connectivity index (χ0v) is 9.84. The minimum absolute atomic E-state index is 0.0195. The average molecular weight is 269 g/mol. The van der Waals surface area contributed by atoms with Gasteiger partial charge in [-0.05, 0) is 22.6 Å². The van der Waals surface area contributed by atoms with Gasteiger partial charge in [-0.2, -0.15) is 4.68 Å². The lowest BCUT2D eigenvalue weighted by atomic mass is 10.2. The van der Waals surface area contributed by atoms with Gasteiger partial charge in [0.15, 0.2) is 17.4 Å². The monoisotopic (exact) mass is 269 g/mol. The summed E-state index contributed by atoms with van der Waals surface area (Å²) in [6.07, 6.45) is 1.36. The Hall–Kier alpha value is -2.51. The van der Waals surface area contributed by atoms with Crippen LogP contribution in [0.4, 0.5) is 14.6 Å². The van der Waals surface area contributed by atoms with Crippen molar-refractivity contribution >= 4 is 5.82 Å². The molecule has 100 valence electrons. The van der Waals surface area contributed by atoms with Crippen LogP contribution in [0.1, 0.15) is 5.56 Å². The van der Waals surface area contributed by atoms with Crippen LogP contribution >= 0.6 is 0 Å². The van der Waals surface area contributed by atoms with E-state index in [1.807, 2.05) is 0 Å². The van der Waals surface area contributed by atoms with E-state index in [0.29, 0.717) is 0 Å². The Morgan fingerprint density at radius 2 is 2.05 bits per heavy atom. The first-order chi connectivity index (χ1) is 9.01. The molecule has 0 N–H and O–H groups in total. The number of nitrogens with zero attached hydrogens (tertiary/aromatic N) is 3. The average Bonchev–Trinajstić information content (AvgIpc) is 2.77. The Bertz CT molecular complexity index is 604. The number of hydrogen-bond donors (Lipinski definition) is 0. The van der Waals surface area contributed by atoms with E-state index in [0.717, 1.165) is 19.2 Å². The van der Waals surface area contributed by atoms with Crippen molar-refractivity contribution in [2.45, 2.75) is 6.54 Å². The van der Waals surface area contributed by atoms with Crippen molar-refractivity contribution in [1.82, 2.24) is 9.78 Å². The van der Waals surface area contributed by atoms with Crippen LogP contribution in [0.2, 0.25) is 0 Å². The van der Waals surface area contributed by atoms with Crippen LogP contribution in [0.25, 0.3) is 0 Å². The summed E-state index contributed by atoms with van der Waals surface area (Å²) in [4.78, 5) is 9.80. The molecule has 0 amide bonds. The van der Waals surface area contributed by atoms with Crippen molar-refractivity contribution in [3.05, 3.63) is 51.7 Å². The molecule has 0 aliphatic carbocycles. The van der Waals surface area contributed by atoms with Gasteiger partial charge in [0.2, 0.25) is 0 Å². The smallest absolute Gasteiger partial charge is 0.389 e. The number of halogens is 2. The van der Waals surface area contributed by atoms with E-state index in [4.69, 9.17) is 0 Å². The second-order valence-corrected chi connectivity index (χ2v) is 3.72. The van der Waals surface area contributed by atoms with Gasteiger partial charge in [0.05, 0.1) is 31.0 Å². The molecule has 2 aromatic rings. The molecule has 1 aromatic carbocycles. The van der Waals surface area contributed by atoms with E-state index in [1.54, 1.807) is 0 Å². The largest absolute Gasteiger partial charge is 0.491 e. The maximum atomic E-state index is 13.4. The molecule has 6 nitrogen and oxygen atoms in total. The lowest BCUT2D eigenvalue weighted by molar-refractivity contribution is -0.389. The molecule has 8 heteroatoms. The van der Waals surface area contributed by atoms with Crippen molar-refractivity contribution < 1.29 is 18.4 Å². The van der Waals surface area contributed by atoms with Crippen molar-refractivity contribution in [1.29, 1.82) is 0 Å². The van der Waals surface area contributed by atoms with Gasteiger partial charge >= 0.3 is 5.82 Å². The third-order valence-corrected chi connectivity index (χ3v) is 2.42. The molecule has 0 aliphatic heterocycles. The number of hydrogen-bond acceptors (Lipinski definition) is 4. The summed E-state index contributed by atoms with van der Waals surface area (Å²) in [7, 11) is 1.16. The number of benzene rings is 1. The van der Waals surface area contributed by atoms with Gasteiger partial charge in [0, 0.05) is 0 Å². The molecule has 0 saturated heterocycles. The van der Waals surface area contributed by atoms with Gasteiger partial charge in [-0.3, -0.25) is 0 Å². The minimum atomic E-state index is -0.834. The fraction of sp³-hybridized carbons (Fsp3) is 0.182. The fourth-order valence-corrected chi connectivity index (χ4v) is 1.62. The Morgan fingerprint density at radius 1 is 1.42 bits per heavy atom. The highest BCUT2D eigenvalue weighted by atomic mass is 19.1. The highest BCUT2D eigenvalue weighted by molar-refractivity contribution is 5.31. The van der Waals surface area contributed by atoms with E-state index in [2.05, 4.69) is 9.84 Å². The van der Waals surface area contributed by atoms with E-state index in [1.165, 1.54) is 16.9 Å². The molecular weight excluding hydrogens is 260 g/mol. The topological polar surface area (TPSA) is 70.2 Å². The van der Waals surface area contributed by atoms with Crippen molar-refractivity contribution in [3.63, 3.8) is 0 Å². The highest BCUT2D eigenvalue weighted by Gasteiger charge is 2.14. The number of nitro groups is 1. The lowest BCUT2D eigenvalue weighted by Crippen LogP contribution is -2.03. The van der Waals surface area contributed by atoms with Gasteiger partial charge in [-0.1, -0.05) is 0 Å². The minimum Gasteiger partial charge on any atom is -0.491 e. The third kappa shape index (κ3) is 2.67. The van der Waals surface area contributed by atoms with Gasteiger partial charge in [0.1, 0.15) is 0 Å². The summed E-state index contributed by atoms with van der Waals surface area (Å²) in [5.74, 6) is -2.46. The first-order valence-electron chi connectivity index (χ1n) is 5.21. The van der Waals surface area contributed by atoms with Gasteiger partial charge < -0.3 is 14.9 Å². The van der Waals surface area contributed by atoms with E-state index >= 15 is 0 Å². The maximum absolute atomic E-state index is 13.4. The first-order valence-corrected chi connectivity index (χ1v) is 5.21. The predicted octanol–water partition coefficient (Wildman–Crippen LogP) is 2.13. The first kappa shape index (κ1) is 12.9. The second-order valence-electron chi connectivity index (χ2n) is 3.72. The Morgan fingerprint density at radius 3 is 2.53 bits per heavy atom. The van der Waals surface area contributed by atoms with Crippen LogP contribution in [0.5, 0.6) is 5.75 Å². The van der Waals surface area contributed by atoms with Crippen LogP contribution in [-0.2, 0) is 6.54 Å². The Labute approximate surface area is 106 Å². The molecule has 0 spiro atoms. The van der Waals surface area contributed by atoms with Gasteiger partial charge in [-0.25, -0.2) is 8.78 Å². The number of methoxy groups -OCH3 is 1. The molecule has 0 fully saturated rings. The molecule has 0 saturated carbocycles. The molecule has 1 heterocycles. The number of aromatic nitrogens is 2. The zero-order valence-electron chi connectivity index (χ0n) is 9.84. The molecule has 0 atom stereocenters. The van der Waals surface area contributed by atoms with Crippen molar-refractivity contribution in [2.75, 3.05) is 7.11 Å². The third-order valence-electron chi connectivity index (χ3n) is 2.42. The normalized spacial score (nSPS) is 10.5. The SMILES string of the molecule is COc1c(F)cc(Cn2ccc([N+](=O)[O-])n2)cc1F. The molecule has 2 rings (SSSR count). The van der Waals surface area contributed by atoms with Gasteiger partial charge in [0.25, 0.3) is 0 Å². The summed E-state index contributed by atoms with van der Waals surface area (Å²) in [6, 6.07) is 3.39. The van der Waals surface area contributed by atoms with Crippen LogP contribution in [0.3, 0.4) is 0 Å². The molecule has 1 aromatic heterocycles. The molecule has 0 bridgehead atoms. The van der Waals surface area contributed by atoms with Gasteiger partial charge in [-0.15, -0.1) is 0 Å². The van der Waals surface area contributed by atoms with Crippen LogP contribution in [0, 0.1) is 21.7 Å².